The molecule has 1 fully saturated rings. The van der Waals surface area contributed by atoms with Crippen LogP contribution in [0.1, 0.15) is 72.8 Å². The highest BCUT2D eigenvalue weighted by molar-refractivity contribution is 7.90. The SMILES string of the molecule is CC(C)[Si](C#Cc1cc(NC(=O)NC2(C(F)(F)F)CCCC2)nc2nc(S(C)(=O)=O)ncc12)(C(C)C)C(C)C. The Morgan fingerprint density at radius 1 is 1.05 bits per heavy atom. The number of hydrogen-bond donors (Lipinski definition) is 2. The number of carbonyl (C=O) groups is 1. The van der Waals surface area contributed by atoms with Crippen LogP contribution in [-0.4, -0.2) is 55.4 Å². The number of carbonyl (C=O) groups excluding carboxylic acids is 1. The zero-order valence-corrected chi connectivity index (χ0v) is 25.1. The highest BCUT2D eigenvalue weighted by atomic mass is 32.2. The molecule has 2 aromatic heterocycles. The van der Waals surface area contributed by atoms with Gasteiger partial charge >= 0.3 is 12.2 Å². The third-order valence-electron chi connectivity index (χ3n) is 7.75. The number of halogens is 3. The van der Waals surface area contributed by atoms with E-state index < -0.39 is 40.8 Å². The molecule has 1 aliphatic rings. The molecular formula is C26H36F3N5O3SSi. The van der Waals surface area contributed by atoms with Crippen molar-refractivity contribution in [2.75, 3.05) is 11.6 Å². The number of sulfone groups is 1. The van der Waals surface area contributed by atoms with Crippen molar-refractivity contribution in [2.24, 2.45) is 0 Å². The van der Waals surface area contributed by atoms with Gasteiger partial charge in [-0.2, -0.15) is 18.2 Å². The van der Waals surface area contributed by atoms with Crippen LogP contribution in [0.2, 0.25) is 16.6 Å². The first-order valence-corrected chi connectivity index (χ1v) is 17.1. The van der Waals surface area contributed by atoms with Gasteiger partial charge in [0.15, 0.2) is 5.65 Å². The zero-order chi connectivity index (χ0) is 29.4. The Labute approximate surface area is 228 Å². The molecule has 0 radical (unpaired) electrons. The lowest BCUT2D eigenvalue weighted by Crippen LogP contribution is -2.57. The molecule has 0 unspecified atom stereocenters. The summed E-state index contributed by atoms with van der Waals surface area (Å²) in [6.45, 7) is 12.9. The third kappa shape index (κ3) is 6.22. The molecule has 13 heteroatoms. The van der Waals surface area contributed by atoms with Gasteiger partial charge in [-0.1, -0.05) is 60.3 Å². The highest BCUT2D eigenvalue weighted by Crippen LogP contribution is 2.43. The molecule has 0 saturated heterocycles. The molecule has 0 aliphatic heterocycles. The number of alkyl halides is 3. The lowest BCUT2D eigenvalue weighted by Gasteiger charge is -2.38. The summed E-state index contributed by atoms with van der Waals surface area (Å²) in [5, 5.41) is 4.43. The molecule has 39 heavy (non-hydrogen) atoms. The van der Waals surface area contributed by atoms with E-state index in [0.717, 1.165) is 6.26 Å². The maximum atomic E-state index is 13.8. The molecule has 8 nitrogen and oxygen atoms in total. The molecule has 1 saturated carbocycles. The van der Waals surface area contributed by atoms with Crippen LogP contribution >= 0.6 is 0 Å². The fourth-order valence-corrected chi connectivity index (χ4v) is 11.5. The first-order chi connectivity index (χ1) is 17.9. The van der Waals surface area contributed by atoms with Crippen LogP contribution in [0, 0.1) is 11.5 Å². The number of nitrogens with one attached hydrogen (secondary N) is 2. The van der Waals surface area contributed by atoms with Crippen LogP contribution in [0.3, 0.4) is 0 Å². The van der Waals surface area contributed by atoms with Crippen molar-refractivity contribution in [2.45, 2.75) is 101 Å². The fraction of sp³-hybridized carbons (Fsp3) is 0.615. The van der Waals surface area contributed by atoms with Gasteiger partial charge in [-0.05, 0) is 35.5 Å². The number of fused-ring (bicyclic) bond motifs is 1. The minimum atomic E-state index is -4.61. The number of pyridine rings is 1. The molecule has 3 rings (SSSR count). The predicted molar refractivity (Wildman–Crippen MR) is 148 cm³/mol. The summed E-state index contributed by atoms with van der Waals surface area (Å²) < 4.78 is 65.5. The molecule has 214 valence electrons. The van der Waals surface area contributed by atoms with E-state index in [2.05, 4.69) is 78.6 Å². The molecule has 2 N–H and O–H groups in total. The van der Waals surface area contributed by atoms with Crippen LogP contribution < -0.4 is 10.6 Å². The number of amides is 2. The zero-order valence-electron chi connectivity index (χ0n) is 23.3. The number of aromatic nitrogens is 3. The van der Waals surface area contributed by atoms with Crippen LogP contribution in [-0.2, 0) is 9.84 Å². The first-order valence-electron chi connectivity index (χ1n) is 13.0. The topological polar surface area (TPSA) is 114 Å². The molecule has 0 spiro atoms. The van der Waals surface area contributed by atoms with Gasteiger partial charge in [-0.15, -0.1) is 5.54 Å². The maximum Gasteiger partial charge on any atom is 0.411 e. The van der Waals surface area contributed by atoms with Gasteiger partial charge < -0.3 is 5.32 Å². The average molecular weight is 584 g/mol. The minimum absolute atomic E-state index is 0.0372. The number of rotatable bonds is 6. The van der Waals surface area contributed by atoms with Gasteiger partial charge in [0.1, 0.15) is 19.4 Å². The van der Waals surface area contributed by atoms with Crippen molar-refractivity contribution in [1.82, 2.24) is 20.3 Å². The Bertz CT molecular complexity index is 1390. The normalized spacial score (nSPS) is 16.0. The van der Waals surface area contributed by atoms with E-state index in [-0.39, 0.29) is 24.3 Å². The second kappa shape index (κ2) is 11.0. The number of anilines is 1. The summed E-state index contributed by atoms with van der Waals surface area (Å²) >= 11 is 0. The fourth-order valence-electron chi connectivity index (χ4n) is 5.77. The van der Waals surface area contributed by atoms with Crippen molar-refractivity contribution < 1.29 is 26.4 Å². The summed E-state index contributed by atoms with van der Waals surface area (Å²) in [4.78, 5) is 25.0. The maximum absolute atomic E-state index is 13.8. The molecular weight excluding hydrogens is 547 g/mol. The highest BCUT2D eigenvalue weighted by Gasteiger charge is 2.56. The van der Waals surface area contributed by atoms with Crippen molar-refractivity contribution in [1.29, 1.82) is 0 Å². The Morgan fingerprint density at radius 3 is 2.10 bits per heavy atom. The molecule has 2 amide bonds. The summed E-state index contributed by atoms with van der Waals surface area (Å²) in [5.41, 5.74) is 2.62. The van der Waals surface area contributed by atoms with E-state index in [1.165, 1.54) is 12.3 Å². The van der Waals surface area contributed by atoms with Crippen molar-refractivity contribution >= 4 is 40.8 Å². The Balaban J connectivity index is 2.13. The Hall–Kier alpha value is -2.72. The van der Waals surface area contributed by atoms with Crippen LogP contribution in [0.5, 0.6) is 0 Å². The van der Waals surface area contributed by atoms with Gasteiger partial charge in [-0.25, -0.2) is 23.2 Å². The molecule has 2 aromatic rings. The van der Waals surface area contributed by atoms with Gasteiger partial charge in [0, 0.05) is 18.0 Å². The third-order valence-corrected chi connectivity index (χ3v) is 14.9. The summed E-state index contributed by atoms with van der Waals surface area (Å²) in [6, 6.07) is 0.403. The molecule has 0 aromatic carbocycles. The Kier molecular flexibility index (Phi) is 8.72. The smallest absolute Gasteiger partial charge is 0.323 e. The molecule has 1 aliphatic carbocycles. The number of nitrogens with zero attached hydrogens (tertiary/aromatic N) is 3. The molecule has 0 bridgehead atoms. The lowest BCUT2D eigenvalue weighted by atomic mass is 9.97. The standard InChI is InChI=1S/C26H36F3N5O3SSi/c1-16(2)39(17(3)4,18(5)6)13-10-19-14-21(31-22-20(19)15-30-24(33-22)38(7,36)37)32-23(35)34-25(26(27,28)29)11-8-9-12-25/h14-18H,8-9,11-12H2,1-7H3,(H2,30,31,32,33,34,35). The predicted octanol–water partition coefficient (Wildman–Crippen LogP) is 5.99. The lowest BCUT2D eigenvalue weighted by molar-refractivity contribution is -0.191. The second-order valence-electron chi connectivity index (χ2n) is 11.2. The van der Waals surface area contributed by atoms with Crippen molar-refractivity contribution in [3.8, 4) is 11.5 Å². The number of hydrogen-bond acceptors (Lipinski definition) is 6. The number of urea groups is 1. The molecule has 2 heterocycles. The van der Waals surface area contributed by atoms with Crippen molar-refractivity contribution in [3.05, 3.63) is 17.8 Å². The van der Waals surface area contributed by atoms with Gasteiger partial charge in [0.2, 0.25) is 15.0 Å². The van der Waals surface area contributed by atoms with E-state index >= 15 is 0 Å². The van der Waals surface area contributed by atoms with Gasteiger partial charge in [0.05, 0.1) is 5.39 Å². The van der Waals surface area contributed by atoms with Crippen LogP contribution in [0.15, 0.2) is 17.4 Å². The molecule has 0 atom stereocenters. The average Bonchev–Trinajstić information content (AvgIpc) is 3.27. The Morgan fingerprint density at radius 2 is 1.62 bits per heavy atom. The van der Waals surface area contributed by atoms with E-state index in [1.54, 1.807) is 0 Å². The van der Waals surface area contributed by atoms with E-state index in [0.29, 0.717) is 40.4 Å². The van der Waals surface area contributed by atoms with Gasteiger partial charge in [-0.3, -0.25) is 5.32 Å². The van der Waals surface area contributed by atoms with Crippen LogP contribution in [0.25, 0.3) is 11.0 Å². The largest absolute Gasteiger partial charge is 0.411 e. The van der Waals surface area contributed by atoms with Crippen LogP contribution in [0.4, 0.5) is 23.8 Å². The quantitative estimate of drug-likeness (QED) is 0.245. The minimum Gasteiger partial charge on any atom is -0.323 e. The summed E-state index contributed by atoms with van der Waals surface area (Å²) in [7, 11) is -5.96. The van der Waals surface area contributed by atoms with Crippen molar-refractivity contribution in [3.63, 3.8) is 0 Å². The summed E-state index contributed by atoms with van der Waals surface area (Å²) in [6.07, 6.45) is -2.04. The van der Waals surface area contributed by atoms with E-state index in [1.807, 2.05) is 0 Å². The first kappa shape index (κ1) is 30.8. The van der Waals surface area contributed by atoms with E-state index in [4.69, 9.17) is 0 Å². The second-order valence-corrected chi connectivity index (χ2v) is 18.7. The summed E-state index contributed by atoms with van der Waals surface area (Å²) in [5.74, 6) is 3.15. The monoisotopic (exact) mass is 583 g/mol. The van der Waals surface area contributed by atoms with E-state index in [9.17, 15) is 26.4 Å². The van der Waals surface area contributed by atoms with Gasteiger partial charge in [0.25, 0.3) is 0 Å².